The van der Waals surface area contributed by atoms with Crippen LogP contribution in [0.4, 0.5) is 4.79 Å². The number of carbonyl (C=O) groups excluding carboxylic acids is 2. The van der Waals surface area contributed by atoms with Gasteiger partial charge < -0.3 is 19.1 Å². The molecule has 6 heteroatoms. The van der Waals surface area contributed by atoms with Gasteiger partial charge in [-0.05, 0) is 56.7 Å². The maximum atomic E-state index is 12.2. The first kappa shape index (κ1) is 20.2. The Hall–Kier alpha value is -2.50. The molecule has 0 aromatic heterocycles. The lowest BCUT2D eigenvalue weighted by Gasteiger charge is -2.30. The van der Waals surface area contributed by atoms with Crippen molar-refractivity contribution in [3.05, 3.63) is 35.4 Å². The van der Waals surface area contributed by atoms with E-state index < -0.39 is 5.60 Å². The Morgan fingerprint density at radius 1 is 1.18 bits per heavy atom. The van der Waals surface area contributed by atoms with E-state index in [0.717, 1.165) is 35.3 Å². The van der Waals surface area contributed by atoms with Gasteiger partial charge in [-0.3, -0.25) is 4.79 Å². The largest absolute Gasteiger partial charge is 0.496 e. The zero-order valence-electron chi connectivity index (χ0n) is 17.3. The minimum Gasteiger partial charge on any atom is -0.496 e. The fourth-order valence-corrected chi connectivity index (χ4v) is 3.59. The quantitative estimate of drug-likeness (QED) is 0.731. The number of rotatable bonds is 4. The van der Waals surface area contributed by atoms with Crippen LogP contribution in [0, 0.1) is 5.92 Å². The van der Waals surface area contributed by atoms with E-state index in [-0.39, 0.29) is 23.9 Å². The van der Waals surface area contributed by atoms with Crippen molar-refractivity contribution in [3.8, 4) is 5.75 Å². The van der Waals surface area contributed by atoms with Gasteiger partial charge in [0.1, 0.15) is 11.4 Å². The molecule has 0 saturated heterocycles. The molecule has 1 amide bonds. The second-order valence-electron chi connectivity index (χ2n) is 8.34. The van der Waals surface area contributed by atoms with Gasteiger partial charge in [-0.1, -0.05) is 18.2 Å². The normalized spacial score (nSPS) is 21.6. The first-order chi connectivity index (χ1) is 13.2. The summed E-state index contributed by atoms with van der Waals surface area (Å²) in [4.78, 5) is 25.6. The number of amides is 1. The Morgan fingerprint density at radius 3 is 2.50 bits per heavy atom. The summed E-state index contributed by atoms with van der Waals surface area (Å²) >= 11 is 0. The van der Waals surface area contributed by atoms with E-state index in [2.05, 4.69) is 18.2 Å². The van der Waals surface area contributed by atoms with Gasteiger partial charge in [-0.2, -0.15) is 0 Å². The van der Waals surface area contributed by atoms with Crippen LogP contribution < -0.4 is 4.74 Å². The molecule has 1 aliphatic heterocycles. The van der Waals surface area contributed by atoms with E-state index in [9.17, 15) is 9.59 Å². The molecule has 1 aliphatic carbocycles. The van der Waals surface area contributed by atoms with Crippen LogP contribution in [-0.2, 0) is 14.3 Å². The molecule has 0 radical (unpaired) electrons. The van der Waals surface area contributed by atoms with E-state index in [1.165, 1.54) is 7.11 Å². The molecule has 1 saturated carbocycles. The highest BCUT2D eigenvalue weighted by Gasteiger charge is 2.45. The average molecular weight is 387 g/mol. The molecule has 0 N–H and O–H groups in total. The Labute approximate surface area is 166 Å². The molecule has 152 valence electrons. The maximum absolute atomic E-state index is 12.2. The zero-order chi connectivity index (χ0) is 20.5. The number of nitrogens with zero attached hydrogens (tertiary/aromatic N) is 1. The van der Waals surface area contributed by atoms with Gasteiger partial charge in [-0.15, -0.1) is 0 Å². The number of benzene rings is 1. The molecule has 28 heavy (non-hydrogen) atoms. The van der Waals surface area contributed by atoms with Crippen molar-refractivity contribution in [1.82, 2.24) is 4.90 Å². The van der Waals surface area contributed by atoms with Crippen LogP contribution >= 0.6 is 0 Å². The molecule has 2 atom stereocenters. The van der Waals surface area contributed by atoms with Crippen molar-refractivity contribution in [2.45, 2.75) is 45.1 Å². The SMILES string of the molecule is COC(=O)C1CC1c1ccc(C2=CCN(C(=O)OC(C)(C)C)CC2)c(OC)c1. The lowest BCUT2D eigenvalue weighted by atomic mass is 9.96. The van der Waals surface area contributed by atoms with E-state index in [1.807, 2.05) is 26.8 Å². The molecule has 0 spiro atoms. The van der Waals surface area contributed by atoms with Crippen LogP contribution in [0.2, 0.25) is 0 Å². The van der Waals surface area contributed by atoms with Gasteiger partial charge in [0.15, 0.2) is 0 Å². The molecule has 2 aliphatic rings. The number of ether oxygens (including phenoxy) is 3. The van der Waals surface area contributed by atoms with Crippen LogP contribution in [0.25, 0.3) is 5.57 Å². The van der Waals surface area contributed by atoms with Crippen molar-refractivity contribution in [1.29, 1.82) is 0 Å². The lowest BCUT2D eigenvalue weighted by molar-refractivity contribution is -0.142. The minimum absolute atomic E-state index is 0.0446. The molecule has 1 heterocycles. The summed E-state index contributed by atoms with van der Waals surface area (Å²) in [5.41, 5.74) is 2.79. The predicted molar refractivity (Wildman–Crippen MR) is 106 cm³/mol. The number of hydrogen-bond acceptors (Lipinski definition) is 5. The van der Waals surface area contributed by atoms with Gasteiger partial charge in [0.2, 0.25) is 0 Å². The minimum atomic E-state index is -0.495. The number of esters is 1. The van der Waals surface area contributed by atoms with Crippen LogP contribution in [0.1, 0.15) is 50.7 Å². The summed E-state index contributed by atoms with van der Waals surface area (Å²) in [6, 6.07) is 6.13. The highest BCUT2D eigenvalue weighted by Crippen LogP contribution is 2.49. The molecule has 3 rings (SSSR count). The second-order valence-corrected chi connectivity index (χ2v) is 8.34. The van der Waals surface area contributed by atoms with Crippen LogP contribution in [-0.4, -0.2) is 49.9 Å². The molecular formula is C22H29NO5. The highest BCUT2D eigenvalue weighted by molar-refractivity contribution is 5.78. The topological polar surface area (TPSA) is 65.1 Å². The third kappa shape index (κ3) is 4.49. The zero-order valence-corrected chi connectivity index (χ0v) is 17.3. The summed E-state index contributed by atoms with van der Waals surface area (Å²) in [5, 5.41) is 0. The number of methoxy groups -OCH3 is 2. The van der Waals surface area contributed by atoms with E-state index in [0.29, 0.717) is 13.1 Å². The Kier molecular flexibility index (Phi) is 5.68. The molecule has 0 bridgehead atoms. The van der Waals surface area contributed by atoms with Gasteiger partial charge >= 0.3 is 12.1 Å². The van der Waals surface area contributed by atoms with E-state index >= 15 is 0 Å². The van der Waals surface area contributed by atoms with Crippen molar-refractivity contribution >= 4 is 17.6 Å². The van der Waals surface area contributed by atoms with E-state index in [4.69, 9.17) is 14.2 Å². The fourth-order valence-electron chi connectivity index (χ4n) is 3.59. The third-order valence-electron chi connectivity index (χ3n) is 5.15. The summed E-state index contributed by atoms with van der Waals surface area (Å²) in [6.45, 7) is 6.73. The lowest BCUT2D eigenvalue weighted by Crippen LogP contribution is -2.39. The summed E-state index contributed by atoms with van der Waals surface area (Å²) in [7, 11) is 3.08. The third-order valence-corrected chi connectivity index (χ3v) is 5.15. The van der Waals surface area contributed by atoms with E-state index in [1.54, 1.807) is 12.0 Å². The average Bonchev–Trinajstić information content (AvgIpc) is 3.46. The fraction of sp³-hybridized carbons (Fsp3) is 0.545. The Bertz CT molecular complexity index is 793. The number of hydrogen-bond donors (Lipinski definition) is 0. The molecular weight excluding hydrogens is 358 g/mol. The van der Waals surface area contributed by atoms with Crippen molar-refractivity contribution < 1.29 is 23.8 Å². The van der Waals surface area contributed by atoms with Gasteiger partial charge in [-0.25, -0.2) is 4.79 Å². The van der Waals surface area contributed by atoms with Gasteiger partial charge in [0.25, 0.3) is 0 Å². The molecule has 1 fully saturated rings. The summed E-state index contributed by atoms with van der Waals surface area (Å²) in [6.07, 6.45) is 3.33. The van der Waals surface area contributed by atoms with Gasteiger partial charge in [0, 0.05) is 18.7 Å². The monoisotopic (exact) mass is 387 g/mol. The van der Waals surface area contributed by atoms with Crippen molar-refractivity contribution in [2.75, 3.05) is 27.3 Å². The molecule has 2 unspecified atom stereocenters. The first-order valence-corrected chi connectivity index (χ1v) is 9.66. The summed E-state index contributed by atoms with van der Waals surface area (Å²) < 4.78 is 15.9. The predicted octanol–water partition coefficient (Wildman–Crippen LogP) is 4.00. The van der Waals surface area contributed by atoms with Crippen LogP contribution in [0.5, 0.6) is 5.75 Å². The number of carbonyl (C=O) groups is 2. The van der Waals surface area contributed by atoms with Crippen molar-refractivity contribution in [2.24, 2.45) is 5.92 Å². The second kappa shape index (κ2) is 7.86. The smallest absolute Gasteiger partial charge is 0.410 e. The van der Waals surface area contributed by atoms with Crippen molar-refractivity contribution in [3.63, 3.8) is 0 Å². The standard InChI is InChI=1S/C22H29NO5/c1-22(2,3)28-21(25)23-10-8-14(9-11-23)16-7-6-15(12-19(16)26-4)17-13-18(17)20(24)27-5/h6-8,12,17-18H,9-11,13H2,1-5H3. The Balaban J connectivity index is 1.71. The Morgan fingerprint density at radius 2 is 1.93 bits per heavy atom. The van der Waals surface area contributed by atoms with Gasteiger partial charge in [0.05, 0.1) is 20.1 Å². The summed E-state index contributed by atoms with van der Waals surface area (Å²) in [5.74, 6) is 0.811. The first-order valence-electron chi connectivity index (χ1n) is 9.66. The molecule has 6 nitrogen and oxygen atoms in total. The van der Waals surface area contributed by atoms with Crippen LogP contribution in [0.15, 0.2) is 24.3 Å². The molecule has 1 aromatic rings. The maximum Gasteiger partial charge on any atom is 0.410 e. The highest BCUT2D eigenvalue weighted by atomic mass is 16.6. The molecule has 1 aromatic carbocycles. The van der Waals surface area contributed by atoms with Crippen LogP contribution in [0.3, 0.4) is 0 Å².